The minimum Gasteiger partial charge on any atom is -0.508 e. The molecular formula is C28H33FN4O8. The Labute approximate surface area is 235 Å². The second-order valence-corrected chi connectivity index (χ2v) is 11.5. The number of nitrogens with two attached hydrogens (primary N) is 1. The van der Waals surface area contributed by atoms with Crippen molar-refractivity contribution in [1.82, 2.24) is 9.80 Å². The van der Waals surface area contributed by atoms with Gasteiger partial charge in [-0.15, -0.1) is 0 Å². The lowest BCUT2D eigenvalue weighted by Crippen LogP contribution is -2.65. The van der Waals surface area contributed by atoms with Crippen LogP contribution in [0.2, 0.25) is 0 Å². The Bertz CT molecular complexity index is 1450. The lowest BCUT2D eigenvalue weighted by Gasteiger charge is -2.50. The van der Waals surface area contributed by atoms with Crippen molar-refractivity contribution < 1.29 is 44.0 Å². The molecule has 220 valence electrons. The summed E-state index contributed by atoms with van der Waals surface area (Å²) in [7, 11) is 4.35. The molecule has 1 heterocycles. The summed E-state index contributed by atoms with van der Waals surface area (Å²) in [5.41, 5.74) is 0.502. The summed E-state index contributed by atoms with van der Waals surface area (Å²) in [6, 6.07) is -0.237. The number of nitrogens with zero attached hydrogens (tertiary/aromatic N) is 3. The monoisotopic (exact) mass is 572 g/mol. The SMILES string of the molecule is CN(C(=O)CN1CCCC1)c1cc(F)c2c(c1O)C(O)=C1C(=O)[C@]3(O)C(O)=C(C(N)=O)C(=O)C(N(C)C)[C@@H]3C[C@@H]1C2. The molecule has 1 saturated heterocycles. The predicted molar refractivity (Wildman–Crippen MR) is 143 cm³/mol. The van der Waals surface area contributed by atoms with Crippen molar-refractivity contribution in [3.63, 3.8) is 0 Å². The second kappa shape index (κ2) is 9.93. The number of aromatic hydroxyl groups is 1. The molecule has 1 aromatic rings. The normalized spacial score (nSPS) is 28.1. The van der Waals surface area contributed by atoms with Crippen LogP contribution in [0.15, 0.2) is 23.0 Å². The van der Waals surface area contributed by atoms with Gasteiger partial charge in [-0.1, -0.05) is 0 Å². The van der Waals surface area contributed by atoms with E-state index in [1.165, 1.54) is 26.0 Å². The molecular weight excluding hydrogens is 539 g/mol. The number of likely N-dealkylation sites (tertiary alicyclic amines) is 1. The number of rotatable bonds is 5. The molecule has 4 aliphatic rings. The first-order chi connectivity index (χ1) is 19.2. The van der Waals surface area contributed by atoms with Crippen LogP contribution in [0.25, 0.3) is 5.76 Å². The van der Waals surface area contributed by atoms with Gasteiger partial charge < -0.3 is 31.1 Å². The maximum atomic E-state index is 15.6. The van der Waals surface area contributed by atoms with Crippen LogP contribution in [0.4, 0.5) is 10.1 Å². The van der Waals surface area contributed by atoms with Gasteiger partial charge in [0.05, 0.1) is 23.8 Å². The molecule has 1 aliphatic heterocycles. The van der Waals surface area contributed by atoms with Gasteiger partial charge in [-0.3, -0.25) is 29.0 Å². The van der Waals surface area contributed by atoms with Crippen molar-refractivity contribution in [2.24, 2.45) is 17.6 Å². The van der Waals surface area contributed by atoms with E-state index >= 15 is 4.39 Å². The number of halogens is 1. The summed E-state index contributed by atoms with van der Waals surface area (Å²) >= 11 is 0. The highest BCUT2D eigenvalue weighted by Crippen LogP contribution is 2.53. The van der Waals surface area contributed by atoms with E-state index in [0.717, 1.165) is 36.9 Å². The molecule has 1 aromatic carbocycles. The summed E-state index contributed by atoms with van der Waals surface area (Å²) in [4.78, 5) is 56.5. The van der Waals surface area contributed by atoms with Crippen LogP contribution in [0.3, 0.4) is 0 Å². The number of benzene rings is 1. The summed E-state index contributed by atoms with van der Waals surface area (Å²) in [6.07, 6.45) is 1.57. The molecule has 0 spiro atoms. The molecule has 3 aliphatic carbocycles. The van der Waals surface area contributed by atoms with E-state index in [1.54, 1.807) is 0 Å². The maximum Gasteiger partial charge on any atom is 0.255 e. The van der Waals surface area contributed by atoms with Crippen molar-refractivity contribution in [3.8, 4) is 5.75 Å². The van der Waals surface area contributed by atoms with Gasteiger partial charge in [0.1, 0.15) is 22.9 Å². The highest BCUT2D eigenvalue weighted by atomic mass is 19.1. The van der Waals surface area contributed by atoms with Crippen LogP contribution >= 0.6 is 0 Å². The first-order valence-electron chi connectivity index (χ1n) is 13.4. The summed E-state index contributed by atoms with van der Waals surface area (Å²) in [5.74, 6) is -9.44. The second-order valence-electron chi connectivity index (χ2n) is 11.5. The van der Waals surface area contributed by atoms with Gasteiger partial charge in [0, 0.05) is 30.2 Å². The molecule has 12 nitrogen and oxygen atoms in total. The van der Waals surface area contributed by atoms with Crippen molar-refractivity contribution in [1.29, 1.82) is 0 Å². The number of carbonyl (C=O) groups is 4. The number of phenolic OH excluding ortho intramolecular Hbond substituents is 1. The zero-order valence-corrected chi connectivity index (χ0v) is 23.0. The van der Waals surface area contributed by atoms with Crippen LogP contribution < -0.4 is 10.6 Å². The Morgan fingerprint density at radius 3 is 2.37 bits per heavy atom. The summed E-state index contributed by atoms with van der Waals surface area (Å²) in [6.45, 7) is 1.53. The molecule has 41 heavy (non-hydrogen) atoms. The minimum atomic E-state index is -2.79. The van der Waals surface area contributed by atoms with Gasteiger partial charge in [0.15, 0.2) is 17.1 Å². The molecule has 4 atom stereocenters. The lowest BCUT2D eigenvalue weighted by atomic mass is 9.57. The van der Waals surface area contributed by atoms with Crippen LogP contribution in [0.5, 0.6) is 5.75 Å². The third kappa shape index (κ3) is 4.13. The van der Waals surface area contributed by atoms with Crippen LogP contribution in [-0.4, -0.2) is 106 Å². The van der Waals surface area contributed by atoms with Gasteiger partial charge in [-0.05, 0) is 58.8 Å². The molecule has 1 unspecified atom stereocenters. The Hall–Kier alpha value is -3.81. The number of hydrogen-bond acceptors (Lipinski definition) is 10. The molecule has 2 fully saturated rings. The van der Waals surface area contributed by atoms with Gasteiger partial charge in [0.2, 0.25) is 11.7 Å². The van der Waals surface area contributed by atoms with Gasteiger partial charge in [0.25, 0.3) is 5.91 Å². The fourth-order valence-electron chi connectivity index (χ4n) is 6.88. The number of phenols is 1. The maximum absolute atomic E-state index is 15.6. The number of Topliss-reactive ketones (excluding diaryl/α,β-unsaturated/α-hetero) is 2. The third-order valence-electron chi connectivity index (χ3n) is 8.94. The van der Waals surface area contributed by atoms with E-state index in [-0.39, 0.29) is 30.6 Å². The first kappa shape index (κ1) is 28.7. The molecule has 1 saturated carbocycles. The fraction of sp³-hybridized carbons (Fsp3) is 0.500. The minimum absolute atomic E-state index is 0.0519. The highest BCUT2D eigenvalue weighted by Gasteiger charge is 2.64. The fourth-order valence-corrected chi connectivity index (χ4v) is 6.88. The molecule has 6 N–H and O–H groups in total. The van der Waals surface area contributed by atoms with Crippen LogP contribution in [0.1, 0.15) is 30.4 Å². The lowest BCUT2D eigenvalue weighted by molar-refractivity contribution is -0.153. The molecule has 5 rings (SSSR count). The number of carbonyl (C=O) groups excluding carboxylic acids is 4. The molecule has 0 bridgehead atoms. The van der Waals surface area contributed by atoms with E-state index in [4.69, 9.17) is 5.73 Å². The number of aliphatic hydroxyl groups is 3. The van der Waals surface area contributed by atoms with Crippen molar-refractivity contribution >= 4 is 34.8 Å². The predicted octanol–water partition coefficient (Wildman–Crippen LogP) is 0.162. The summed E-state index contributed by atoms with van der Waals surface area (Å²) in [5, 5.41) is 45.1. The Morgan fingerprint density at radius 2 is 1.78 bits per heavy atom. The number of aliphatic hydroxyl groups excluding tert-OH is 2. The van der Waals surface area contributed by atoms with Gasteiger partial charge in [-0.25, -0.2) is 4.39 Å². The van der Waals surface area contributed by atoms with E-state index in [1.807, 2.05) is 4.90 Å². The van der Waals surface area contributed by atoms with Crippen molar-refractivity contribution in [2.75, 3.05) is 45.7 Å². The van der Waals surface area contributed by atoms with Gasteiger partial charge in [-0.2, -0.15) is 0 Å². The average Bonchev–Trinajstić information content (AvgIpc) is 3.40. The number of hydrogen-bond donors (Lipinski definition) is 5. The number of primary amides is 1. The Kier molecular flexibility index (Phi) is 6.95. The van der Waals surface area contributed by atoms with E-state index in [0.29, 0.717) is 0 Å². The van der Waals surface area contributed by atoms with Crippen molar-refractivity contribution in [3.05, 3.63) is 39.9 Å². The summed E-state index contributed by atoms with van der Waals surface area (Å²) < 4.78 is 15.6. The van der Waals surface area contributed by atoms with Gasteiger partial charge >= 0.3 is 0 Å². The zero-order chi connectivity index (χ0) is 30.1. The average molecular weight is 573 g/mol. The number of amides is 2. The Morgan fingerprint density at radius 1 is 1.15 bits per heavy atom. The van der Waals surface area contributed by atoms with E-state index in [9.17, 15) is 39.6 Å². The number of likely N-dealkylation sites (N-methyl/N-ethyl adjacent to an activating group) is 2. The number of anilines is 1. The zero-order valence-electron chi connectivity index (χ0n) is 23.0. The highest BCUT2D eigenvalue weighted by molar-refractivity contribution is 6.24. The van der Waals surface area contributed by atoms with Crippen molar-refractivity contribution in [2.45, 2.75) is 37.3 Å². The van der Waals surface area contributed by atoms with E-state index < -0.39 is 86.7 Å². The standard InChI is InChI=1S/C28H33FN4O8/c1-31(2)21-14-9-12-8-13-15(29)10-16(32(3)17(34)11-33-6-4-5-7-33)22(35)19(13)23(36)18(12)25(38)28(14,41)26(39)20(24(21)37)27(30)40/h10,12,14,21,35-36,39,41H,4-9,11H2,1-3H3,(H2,30,40)/t12-,14-,21?,28-/m0/s1. The molecule has 13 heteroatoms. The quantitative estimate of drug-likeness (QED) is 0.305. The number of fused-ring (bicyclic) bond motifs is 3. The molecule has 0 radical (unpaired) electrons. The largest absolute Gasteiger partial charge is 0.508 e. The van der Waals surface area contributed by atoms with Crippen LogP contribution in [0, 0.1) is 17.7 Å². The third-order valence-corrected chi connectivity index (χ3v) is 8.94. The smallest absolute Gasteiger partial charge is 0.255 e. The molecule has 2 amide bonds. The number of ketones is 2. The van der Waals surface area contributed by atoms with E-state index in [2.05, 4.69) is 0 Å². The van der Waals surface area contributed by atoms with Crippen LogP contribution in [-0.2, 0) is 25.6 Å². The molecule has 0 aromatic heterocycles. The first-order valence-corrected chi connectivity index (χ1v) is 13.4. The Balaban J connectivity index is 1.62. The topological polar surface area (TPSA) is 185 Å².